The van der Waals surface area contributed by atoms with Gasteiger partial charge in [0, 0.05) is 25.3 Å². The zero-order valence-corrected chi connectivity index (χ0v) is 13.5. The smallest absolute Gasteiger partial charge is 0.151 e. The molecular formula is C18H29N3. The lowest BCUT2D eigenvalue weighted by Crippen LogP contribution is -2.30. The second-order valence-electron chi connectivity index (χ2n) is 7.08. The summed E-state index contributed by atoms with van der Waals surface area (Å²) in [6.45, 7) is 7.05. The topological polar surface area (TPSA) is 28.2 Å². The highest BCUT2D eigenvalue weighted by atomic mass is 15.2. The maximum atomic E-state index is 4.64. The molecule has 2 aliphatic rings. The van der Waals surface area contributed by atoms with Crippen LogP contribution in [-0.2, 0) is 0 Å². The van der Waals surface area contributed by atoms with E-state index in [4.69, 9.17) is 0 Å². The maximum Gasteiger partial charge on any atom is 0.151 e. The van der Waals surface area contributed by atoms with Gasteiger partial charge >= 0.3 is 0 Å². The Balaban J connectivity index is 1.69. The highest BCUT2D eigenvalue weighted by molar-refractivity contribution is 5.66. The molecule has 1 saturated carbocycles. The summed E-state index contributed by atoms with van der Waals surface area (Å²) in [5, 5.41) is 3.81. The Kier molecular flexibility index (Phi) is 4.67. The van der Waals surface area contributed by atoms with E-state index >= 15 is 0 Å². The van der Waals surface area contributed by atoms with Gasteiger partial charge in [-0.05, 0) is 49.7 Å². The fourth-order valence-electron chi connectivity index (χ4n) is 3.87. The van der Waals surface area contributed by atoms with Gasteiger partial charge < -0.3 is 10.2 Å². The Morgan fingerprint density at radius 3 is 2.76 bits per heavy atom. The van der Waals surface area contributed by atoms with E-state index in [1.54, 1.807) is 0 Å². The zero-order chi connectivity index (χ0) is 14.7. The summed E-state index contributed by atoms with van der Waals surface area (Å²) in [7, 11) is 0. The molecule has 0 bridgehead atoms. The molecule has 1 N–H and O–H groups in total. The van der Waals surface area contributed by atoms with Crippen molar-refractivity contribution in [3.63, 3.8) is 0 Å². The summed E-state index contributed by atoms with van der Waals surface area (Å²) in [6, 6.07) is 4.89. The second kappa shape index (κ2) is 6.67. The minimum Gasteiger partial charge on any atom is -0.379 e. The molecule has 1 aromatic heterocycles. The molecule has 0 spiro atoms. The zero-order valence-electron chi connectivity index (χ0n) is 13.5. The Bertz CT molecular complexity index is 452. The number of nitrogens with one attached hydrogen (secondary N) is 1. The van der Waals surface area contributed by atoms with Gasteiger partial charge in [0.1, 0.15) is 0 Å². The van der Waals surface area contributed by atoms with Crippen molar-refractivity contribution in [1.82, 2.24) is 4.98 Å². The van der Waals surface area contributed by atoms with Crippen molar-refractivity contribution < 1.29 is 0 Å². The molecule has 2 heterocycles. The van der Waals surface area contributed by atoms with Gasteiger partial charge in [0.05, 0.1) is 5.69 Å². The average molecular weight is 287 g/mol. The first-order valence-corrected chi connectivity index (χ1v) is 8.70. The largest absolute Gasteiger partial charge is 0.379 e. The van der Waals surface area contributed by atoms with Crippen LogP contribution < -0.4 is 10.2 Å². The lowest BCUT2D eigenvalue weighted by Gasteiger charge is -2.33. The third kappa shape index (κ3) is 3.50. The van der Waals surface area contributed by atoms with Crippen LogP contribution in [0.1, 0.15) is 52.4 Å². The van der Waals surface area contributed by atoms with E-state index in [1.807, 2.05) is 6.20 Å². The van der Waals surface area contributed by atoms with E-state index in [2.05, 4.69) is 41.2 Å². The van der Waals surface area contributed by atoms with Crippen molar-refractivity contribution in [3.8, 4) is 0 Å². The molecule has 2 unspecified atom stereocenters. The number of nitrogens with zero attached hydrogens (tertiary/aromatic N) is 2. The predicted octanol–water partition coefficient (Wildman–Crippen LogP) is 4.31. The fourth-order valence-corrected chi connectivity index (χ4v) is 3.87. The molecule has 116 valence electrons. The van der Waals surface area contributed by atoms with Crippen LogP contribution in [0.5, 0.6) is 0 Å². The molecule has 1 saturated heterocycles. The van der Waals surface area contributed by atoms with Crippen molar-refractivity contribution in [3.05, 3.63) is 18.3 Å². The van der Waals surface area contributed by atoms with Crippen LogP contribution in [0.15, 0.2) is 18.3 Å². The Labute approximate surface area is 129 Å². The van der Waals surface area contributed by atoms with Gasteiger partial charge in [-0.3, -0.25) is 0 Å². The monoisotopic (exact) mass is 287 g/mol. The SMILES string of the molecule is CC(C)C1CCCC(Nc2cccnc2N2CCCC2)C1. The van der Waals surface area contributed by atoms with E-state index in [-0.39, 0.29) is 0 Å². The number of anilines is 2. The van der Waals surface area contributed by atoms with Crippen LogP contribution in [0.25, 0.3) is 0 Å². The first-order chi connectivity index (χ1) is 10.2. The average Bonchev–Trinajstić information content (AvgIpc) is 3.02. The molecular weight excluding hydrogens is 258 g/mol. The van der Waals surface area contributed by atoms with Gasteiger partial charge in [0.15, 0.2) is 5.82 Å². The summed E-state index contributed by atoms with van der Waals surface area (Å²) in [6.07, 6.45) is 9.91. The lowest BCUT2D eigenvalue weighted by atomic mass is 9.79. The van der Waals surface area contributed by atoms with Crippen LogP contribution in [-0.4, -0.2) is 24.1 Å². The van der Waals surface area contributed by atoms with Gasteiger partial charge in [-0.2, -0.15) is 0 Å². The van der Waals surface area contributed by atoms with E-state index in [1.165, 1.54) is 50.0 Å². The maximum absolute atomic E-state index is 4.64. The van der Waals surface area contributed by atoms with Crippen molar-refractivity contribution in [2.75, 3.05) is 23.3 Å². The lowest BCUT2D eigenvalue weighted by molar-refractivity contribution is 0.264. The van der Waals surface area contributed by atoms with Gasteiger partial charge in [-0.25, -0.2) is 4.98 Å². The molecule has 1 aromatic rings. The third-order valence-electron chi connectivity index (χ3n) is 5.21. The van der Waals surface area contributed by atoms with Crippen LogP contribution >= 0.6 is 0 Å². The van der Waals surface area contributed by atoms with Crippen molar-refractivity contribution in [1.29, 1.82) is 0 Å². The quantitative estimate of drug-likeness (QED) is 0.894. The standard InChI is InChI=1S/C18H29N3/c1-14(2)15-7-5-8-16(13-15)20-17-9-6-10-19-18(17)21-11-3-4-12-21/h6,9-10,14-16,20H,3-5,7-8,11-13H2,1-2H3. The van der Waals surface area contributed by atoms with Crippen LogP contribution in [0.2, 0.25) is 0 Å². The predicted molar refractivity (Wildman–Crippen MR) is 89.9 cm³/mol. The Morgan fingerprint density at radius 2 is 2.00 bits per heavy atom. The Hall–Kier alpha value is -1.25. The fraction of sp³-hybridized carbons (Fsp3) is 0.722. The van der Waals surface area contributed by atoms with Gasteiger partial charge in [0.25, 0.3) is 0 Å². The van der Waals surface area contributed by atoms with Gasteiger partial charge in [-0.1, -0.05) is 26.7 Å². The van der Waals surface area contributed by atoms with Crippen LogP contribution in [0, 0.1) is 11.8 Å². The first kappa shape index (κ1) is 14.7. The van der Waals surface area contributed by atoms with E-state index in [9.17, 15) is 0 Å². The van der Waals surface area contributed by atoms with Crippen molar-refractivity contribution in [2.45, 2.75) is 58.4 Å². The molecule has 0 amide bonds. The molecule has 0 aromatic carbocycles. The molecule has 1 aliphatic heterocycles. The first-order valence-electron chi connectivity index (χ1n) is 8.70. The van der Waals surface area contributed by atoms with Crippen molar-refractivity contribution in [2.24, 2.45) is 11.8 Å². The third-order valence-corrected chi connectivity index (χ3v) is 5.21. The number of pyridine rings is 1. The molecule has 21 heavy (non-hydrogen) atoms. The molecule has 2 atom stereocenters. The molecule has 3 nitrogen and oxygen atoms in total. The number of rotatable bonds is 4. The molecule has 1 aliphatic carbocycles. The van der Waals surface area contributed by atoms with E-state index < -0.39 is 0 Å². The molecule has 3 heteroatoms. The van der Waals surface area contributed by atoms with Crippen molar-refractivity contribution >= 4 is 11.5 Å². The summed E-state index contributed by atoms with van der Waals surface area (Å²) < 4.78 is 0. The molecule has 2 fully saturated rings. The summed E-state index contributed by atoms with van der Waals surface area (Å²) in [5.41, 5.74) is 1.24. The highest BCUT2D eigenvalue weighted by Crippen LogP contribution is 2.33. The second-order valence-corrected chi connectivity index (χ2v) is 7.08. The Morgan fingerprint density at radius 1 is 1.19 bits per heavy atom. The van der Waals surface area contributed by atoms with E-state index in [0.29, 0.717) is 6.04 Å². The van der Waals surface area contributed by atoms with E-state index in [0.717, 1.165) is 24.9 Å². The molecule has 0 radical (unpaired) electrons. The summed E-state index contributed by atoms with van der Waals surface area (Å²) >= 11 is 0. The highest BCUT2D eigenvalue weighted by Gasteiger charge is 2.25. The van der Waals surface area contributed by atoms with Gasteiger partial charge in [-0.15, -0.1) is 0 Å². The van der Waals surface area contributed by atoms with Crippen LogP contribution in [0.3, 0.4) is 0 Å². The minimum atomic E-state index is 0.622. The minimum absolute atomic E-state index is 0.622. The normalized spacial score (nSPS) is 26.3. The summed E-state index contributed by atoms with van der Waals surface area (Å²) in [4.78, 5) is 7.08. The van der Waals surface area contributed by atoms with Crippen LogP contribution in [0.4, 0.5) is 11.5 Å². The molecule has 3 rings (SSSR count). The number of hydrogen-bond donors (Lipinski definition) is 1. The summed E-state index contributed by atoms with van der Waals surface area (Å²) in [5.74, 6) is 2.85. The number of hydrogen-bond acceptors (Lipinski definition) is 3. The number of aromatic nitrogens is 1. The van der Waals surface area contributed by atoms with Gasteiger partial charge in [0.2, 0.25) is 0 Å².